The van der Waals surface area contributed by atoms with E-state index in [4.69, 9.17) is 0 Å². The maximum Gasteiger partial charge on any atom is 0.321 e. The number of nitrogens with one attached hydrogen (secondary N) is 2. The Hall–Kier alpha value is -1.10. The Morgan fingerprint density at radius 2 is 2.46 bits per heavy atom. The predicted molar refractivity (Wildman–Crippen MR) is 54.2 cm³/mol. The van der Waals surface area contributed by atoms with Crippen LogP contribution in [-0.2, 0) is 0 Å². The fourth-order valence-corrected chi connectivity index (χ4v) is 1.45. The molecule has 0 bridgehead atoms. The Balaban J connectivity index is 2.36. The number of thiazole rings is 1. The molecule has 1 rings (SSSR count). The number of aromatic nitrogens is 1. The molecule has 5 heteroatoms. The lowest BCUT2D eigenvalue weighted by Crippen LogP contribution is -2.29. The third-order valence-electron chi connectivity index (χ3n) is 1.38. The van der Waals surface area contributed by atoms with Gasteiger partial charge in [-0.15, -0.1) is 11.3 Å². The molecule has 13 heavy (non-hydrogen) atoms. The normalized spacial score (nSPS) is 9.69. The minimum atomic E-state index is -0.184. The third kappa shape index (κ3) is 3.42. The van der Waals surface area contributed by atoms with Crippen molar-refractivity contribution in [2.75, 3.05) is 11.9 Å². The highest BCUT2D eigenvalue weighted by Crippen LogP contribution is 2.15. The van der Waals surface area contributed by atoms with Gasteiger partial charge in [0.15, 0.2) is 5.13 Å². The van der Waals surface area contributed by atoms with Crippen LogP contribution in [0.25, 0.3) is 0 Å². The van der Waals surface area contributed by atoms with Crippen molar-refractivity contribution in [3.05, 3.63) is 11.1 Å². The van der Waals surface area contributed by atoms with Crippen LogP contribution in [0, 0.1) is 6.92 Å². The first kappa shape index (κ1) is 9.98. The molecule has 0 saturated carbocycles. The highest BCUT2D eigenvalue weighted by Gasteiger charge is 2.02. The molecule has 0 radical (unpaired) electrons. The number of hydrogen-bond acceptors (Lipinski definition) is 3. The molecule has 0 fully saturated rings. The average molecular weight is 199 g/mol. The smallest absolute Gasteiger partial charge is 0.321 e. The zero-order chi connectivity index (χ0) is 9.68. The SMILES string of the molecule is CCCNC(=O)Nc1ncc(C)s1. The van der Waals surface area contributed by atoms with Gasteiger partial charge in [0.05, 0.1) is 0 Å². The van der Waals surface area contributed by atoms with Crippen LogP contribution in [0.4, 0.5) is 9.93 Å². The Labute approximate surface area is 81.4 Å². The predicted octanol–water partition coefficient (Wildman–Crippen LogP) is 1.98. The highest BCUT2D eigenvalue weighted by atomic mass is 32.1. The fourth-order valence-electron chi connectivity index (χ4n) is 0.792. The molecule has 0 aliphatic heterocycles. The van der Waals surface area contributed by atoms with Gasteiger partial charge in [-0.3, -0.25) is 5.32 Å². The van der Waals surface area contributed by atoms with E-state index in [2.05, 4.69) is 15.6 Å². The quantitative estimate of drug-likeness (QED) is 0.782. The second-order valence-corrected chi connectivity index (χ2v) is 3.89. The molecule has 2 N–H and O–H groups in total. The van der Waals surface area contributed by atoms with Crippen LogP contribution in [0.3, 0.4) is 0 Å². The number of hydrogen-bond donors (Lipinski definition) is 2. The van der Waals surface area contributed by atoms with Gasteiger partial charge in [-0.05, 0) is 13.3 Å². The van der Waals surface area contributed by atoms with Gasteiger partial charge in [-0.25, -0.2) is 9.78 Å². The molecule has 0 spiro atoms. The van der Waals surface area contributed by atoms with Crippen LogP contribution in [0.15, 0.2) is 6.20 Å². The van der Waals surface area contributed by atoms with Gasteiger partial charge in [0.2, 0.25) is 0 Å². The van der Waals surface area contributed by atoms with Crippen LogP contribution in [-0.4, -0.2) is 17.6 Å². The molecule has 0 atom stereocenters. The number of carbonyl (C=O) groups excluding carboxylic acids is 1. The number of rotatable bonds is 3. The van der Waals surface area contributed by atoms with Gasteiger partial charge < -0.3 is 5.32 Å². The highest BCUT2D eigenvalue weighted by molar-refractivity contribution is 7.15. The van der Waals surface area contributed by atoms with Crippen molar-refractivity contribution in [2.24, 2.45) is 0 Å². The molecule has 2 amide bonds. The van der Waals surface area contributed by atoms with E-state index in [1.807, 2.05) is 13.8 Å². The van der Waals surface area contributed by atoms with E-state index in [1.165, 1.54) is 11.3 Å². The first-order valence-corrected chi connectivity index (χ1v) is 5.01. The lowest BCUT2D eigenvalue weighted by Gasteiger charge is -2.02. The number of urea groups is 1. The van der Waals surface area contributed by atoms with E-state index in [1.54, 1.807) is 6.20 Å². The fraction of sp³-hybridized carbons (Fsp3) is 0.500. The number of nitrogens with zero attached hydrogens (tertiary/aromatic N) is 1. The summed E-state index contributed by atoms with van der Waals surface area (Å²) in [6.07, 6.45) is 2.67. The molecule has 1 aromatic heterocycles. The number of carbonyl (C=O) groups is 1. The van der Waals surface area contributed by atoms with Crippen LogP contribution >= 0.6 is 11.3 Å². The van der Waals surface area contributed by atoms with Crippen LogP contribution in [0.5, 0.6) is 0 Å². The van der Waals surface area contributed by atoms with Crippen LogP contribution in [0.2, 0.25) is 0 Å². The third-order valence-corrected chi connectivity index (χ3v) is 2.21. The standard InChI is InChI=1S/C8H13N3OS/c1-3-4-9-7(12)11-8-10-5-6(2)13-8/h5H,3-4H2,1-2H3,(H2,9,10,11,12). The van der Waals surface area contributed by atoms with Crippen molar-refractivity contribution in [1.29, 1.82) is 0 Å². The molecule has 72 valence electrons. The van der Waals surface area contributed by atoms with Gasteiger partial charge in [-0.1, -0.05) is 6.92 Å². The van der Waals surface area contributed by atoms with Crippen LogP contribution < -0.4 is 10.6 Å². The molecule has 0 unspecified atom stereocenters. The summed E-state index contributed by atoms with van der Waals surface area (Å²) in [5.41, 5.74) is 0. The minimum absolute atomic E-state index is 0.184. The molecule has 1 heterocycles. The van der Waals surface area contributed by atoms with Gasteiger partial charge in [0, 0.05) is 17.6 Å². The van der Waals surface area contributed by atoms with E-state index in [-0.39, 0.29) is 6.03 Å². The van der Waals surface area contributed by atoms with Crippen molar-refractivity contribution in [3.8, 4) is 0 Å². The molecule has 0 aromatic carbocycles. The molecule has 0 aliphatic carbocycles. The summed E-state index contributed by atoms with van der Waals surface area (Å²) in [7, 11) is 0. The molecular formula is C8H13N3OS. The lowest BCUT2D eigenvalue weighted by molar-refractivity contribution is 0.252. The zero-order valence-electron chi connectivity index (χ0n) is 7.76. The minimum Gasteiger partial charge on any atom is -0.338 e. The molecule has 1 aromatic rings. The second kappa shape index (κ2) is 4.81. The Kier molecular flexibility index (Phi) is 3.70. The first-order valence-electron chi connectivity index (χ1n) is 4.19. The van der Waals surface area contributed by atoms with Crippen molar-refractivity contribution in [1.82, 2.24) is 10.3 Å². The topological polar surface area (TPSA) is 54.0 Å². The van der Waals surface area contributed by atoms with E-state index < -0.39 is 0 Å². The summed E-state index contributed by atoms with van der Waals surface area (Å²) >= 11 is 1.47. The zero-order valence-corrected chi connectivity index (χ0v) is 8.57. The first-order chi connectivity index (χ1) is 6.22. The largest absolute Gasteiger partial charge is 0.338 e. The lowest BCUT2D eigenvalue weighted by atomic mass is 10.5. The molecule has 0 saturated heterocycles. The summed E-state index contributed by atoms with van der Waals surface area (Å²) in [6.45, 7) is 4.65. The van der Waals surface area contributed by atoms with Crippen molar-refractivity contribution in [2.45, 2.75) is 20.3 Å². The van der Waals surface area contributed by atoms with E-state index in [0.29, 0.717) is 11.7 Å². The van der Waals surface area contributed by atoms with E-state index in [9.17, 15) is 4.79 Å². The van der Waals surface area contributed by atoms with Gasteiger partial charge >= 0.3 is 6.03 Å². The molecule has 0 aliphatic rings. The van der Waals surface area contributed by atoms with E-state index >= 15 is 0 Å². The van der Waals surface area contributed by atoms with Crippen molar-refractivity contribution < 1.29 is 4.79 Å². The monoisotopic (exact) mass is 199 g/mol. The summed E-state index contributed by atoms with van der Waals surface area (Å²) in [5, 5.41) is 6.01. The molecular weight excluding hydrogens is 186 g/mol. The second-order valence-electron chi connectivity index (χ2n) is 2.66. The average Bonchev–Trinajstić information content (AvgIpc) is 2.48. The molecule has 4 nitrogen and oxygen atoms in total. The summed E-state index contributed by atoms with van der Waals surface area (Å²) in [5.74, 6) is 0. The number of amides is 2. The van der Waals surface area contributed by atoms with Gasteiger partial charge in [-0.2, -0.15) is 0 Å². The number of anilines is 1. The number of aryl methyl sites for hydroxylation is 1. The summed E-state index contributed by atoms with van der Waals surface area (Å²) < 4.78 is 0. The van der Waals surface area contributed by atoms with Gasteiger partial charge in [0.25, 0.3) is 0 Å². The maximum absolute atomic E-state index is 11.1. The Morgan fingerprint density at radius 1 is 1.69 bits per heavy atom. The summed E-state index contributed by atoms with van der Waals surface area (Å²) in [4.78, 5) is 16.2. The maximum atomic E-state index is 11.1. The van der Waals surface area contributed by atoms with E-state index in [0.717, 1.165) is 11.3 Å². The van der Waals surface area contributed by atoms with Crippen LogP contribution in [0.1, 0.15) is 18.2 Å². The Morgan fingerprint density at radius 3 is 3.00 bits per heavy atom. The van der Waals surface area contributed by atoms with Crippen molar-refractivity contribution >= 4 is 22.5 Å². The van der Waals surface area contributed by atoms with Gasteiger partial charge in [0.1, 0.15) is 0 Å². The summed E-state index contributed by atoms with van der Waals surface area (Å²) in [6, 6.07) is -0.184. The Bertz CT molecular complexity index is 285. The van der Waals surface area contributed by atoms with Crippen molar-refractivity contribution in [3.63, 3.8) is 0 Å².